The maximum atomic E-state index is 14.1. The molecule has 0 saturated carbocycles. The molecule has 0 aromatic heterocycles. The van der Waals surface area contributed by atoms with Crippen molar-refractivity contribution >= 4 is 11.4 Å². The Morgan fingerprint density at radius 2 is 0.966 bits per heavy atom. The number of anilines is 2. The second-order valence-corrected chi connectivity index (χ2v) is 15.5. The molecule has 0 aliphatic rings. The van der Waals surface area contributed by atoms with Crippen LogP contribution in [0.3, 0.4) is 0 Å². The molecule has 0 unspecified atom stereocenters. The average molecular weight is 811 g/mol. The lowest BCUT2D eigenvalue weighted by molar-refractivity contribution is -0.139. The Morgan fingerprint density at radius 3 is 1.45 bits per heavy atom. The van der Waals surface area contributed by atoms with E-state index in [1.54, 1.807) is 20.8 Å². The van der Waals surface area contributed by atoms with Gasteiger partial charge in [0, 0.05) is 11.4 Å². The van der Waals surface area contributed by atoms with Crippen LogP contribution in [0, 0.1) is 27.7 Å². The lowest BCUT2D eigenvalue weighted by Gasteiger charge is -2.23. The summed E-state index contributed by atoms with van der Waals surface area (Å²) in [6.07, 6.45) is 12.4. The molecule has 4 N–H and O–H groups in total. The minimum atomic E-state index is -4.68. The number of nitrogen functional groups attached to an aromatic ring is 2. The number of halogens is 6. The Hall–Kier alpha value is -4.60. The molecule has 0 bridgehead atoms. The molecule has 10 heteroatoms. The Labute approximate surface area is 341 Å². The van der Waals surface area contributed by atoms with Gasteiger partial charge in [-0.15, -0.1) is 0 Å². The van der Waals surface area contributed by atoms with Gasteiger partial charge in [-0.2, -0.15) is 26.3 Å². The zero-order valence-electron chi connectivity index (χ0n) is 34.7. The minimum Gasteiger partial charge on any atom is -0.456 e. The summed E-state index contributed by atoms with van der Waals surface area (Å²) in [6, 6.07) is 12.6. The van der Waals surface area contributed by atoms with Gasteiger partial charge in [-0.3, -0.25) is 0 Å². The number of rotatable bonds is 21. The molecule has 0 radical (unpaired) electrons. The molecule has 0 saturated heterocycles. The van der Waals surface area contributed by atoms with Gasteiger partial charge in [-0.1, -0.05) is 76.9 Å². The monoisotopic (exact) mass is 810 g/mol. The summed E-state index contributed by atoms with van der Waals surface area (Å²) >= 11 is 0. The SMILES string of the molecule is CCCCCCCC/C=C\CCCCCCCCc1c(-c2cc(C)c(Oc3ccc(N)cc3C(F)(F)F)c(C)c2)cc(C)c(Oc2ccc(N)cc2C(F)(F)F)c1C. The van der Waals surface area contributed by atoms with Crippen LogP contribution in [0.25, 0.3) is 11.1 Å². The molecule has 0 aliphatic heterocycles. The first-order chi connectivity index (χ1) is 27.5. The van der Waals surface area contributed by atoms with Crippen LogP contribution in [0.5, 0.6) is 23.0 Å². The number of hydrogen-bond acceptors (Lipinski definition) is 4. The second-order valence-electron chi connectivity index (χ2n) is 15.5. The predicted octanol–water partition coefficient (Wildman–Crippen LogP) is 16.0. The van der Waals surface area contributed by atoms with Crippen molar-refractivity contribution in [2.75, 3.05) is 11.5 Å². The summed E-state index contributed by atoms with van der Waals surface area (Å²) in [5, 5.41) is 0. The van der Waals surface area contributed by atoms with E-state index in [2.05, 4.69) is 19.1 Å². The summed E-state index contributed by atoms with van der Waals surface area (Å²) in [7, 11) is 0. The van der Waals surface area contributed by atoms with Crippen molar-refractivity contribution in [2.45, 2.75) is 143 Å². The third-order valence-electron chi connectivity index (χ3n) is 10.6. The summed E-state index contributed by atoms with van der Waals surface area (Å²) < 4.78 is 95.9. The van der Waals surface area contributed by atoms with E-state index in [0.717, 1.165) is 85.8 Å². The van der Waals surface area contributed by atoms with Gasteiger partial charge in [0.15, 0.2) is 0 Å². The van der Waals surface area contributed by atoms with Crippen molar-refractivity contribution in [3.63, 3.8) is 0 Å². The first-order valence-corrected chi connectivity index (χ1v) is 20.7. The average Bonchev–Trinajstić information content (AvgIpc) is 3.15. The fourth-order valence-electron chi connectivity index (χ4n) is 7.49. The zero-order chi connectivity index (χ0) is 42.5. The van der Waals surface area contributed by atoms with Crippen LogP contribution >= 0.6 is 0 Å². The minimum absolute atomic E-state index is 0.0201. The fourth-order valence-corrected chi connectivity index (χ4v) is 7.49. The maximum absolute atomic E-state index is 14.1. The molecule has 0 spiro atoms. The van der Waals surface area contributed by atoms with Crippen molar-refractivity contribution < 1.29 is 35.8 Å². The standard InChI is InChI=1S/C48H60F6N2O2/c1-6-7-8-9-10-11-12-13-14-15-16-17-18-19-20-21-22-39-35(5)46(58-44-26-24-38(56)31-42(44)48(52,53)54)34(4)29-40(39)36-27-32(2)45(33(3)28-36)57-43-25-23-37(55)30-41(43)47(49,50)51/h13-14,23-31H,6-12,15-22,55-56H2,1-5H3/b14-13-. The quantitative estimate of drug-likeness (QED) is 0.0381. The highest BCUT2D eigenvalue weighted by molar-refractivity contribution is 5.75. The Bertz CT molecular complexity index is 1960. The van der Waals surface area contributed by atoms with E-state index in [-0.39, 0.29) is 22.9 Å². The molecular formula is C48H60F6N2O2. The van der Waals surface area contributed by atoms with E-state index in [0.29, 0.717) is 34.6 Å². The van der Waals surface area contributed by atoms with E-state index in [1.807, 2.05) is 25.1 Å². The van der Waals surface area contributed by atoms with Crippen LogP contribution < -0.4 is 20.9 Å². The van der Waals surface area contributed by atoms with Gasteiger partial charge in [-0.05, 0) is 160 Å². The maximum Gasteiger partial charge on any atom is 0.420 e. The summed E-state index contributed by atoms with van der Waals surface area (Å²) in [6.45, 7) is 9.45. The molecular weight excluding hydrogens is 751 g/mol. The number of ether oxygens (including phenoxy) is 2. The lowest BCUT2D eigenvalue weighted by atomic mass is 9.88. The molecule has 4 aromatic carbocycles. The van der Waals surface area contributed by atoms with Gasteiger partial charge >= 0.3 is 12.4 Å². The lowest BCUT2D eigenvalue weighted by Crippen LogP contribution is -2.09. The highest BCUT2D eigenvalue weighted by Gasteiger charge is 2.36. The van der Waals surface area contributed by atoms with Crippen molar-refractivity contribution in [3.8, 4) is 34.1 Å². The van der Waals surface area contributed by atoms with Crippen LogP contribution in [-0.2, 0) is 18.8 Å². The van der Waals surface area contributed by atoms with E-state index >= 15 is 0 Å². The highest BCUT2D eigenvalue weighted by Crippen LogP contribution is 2.45. The molecule has 0 heterocycles. The number of hydrogen-bond donors (Lipinski definition) is 2. The van der Waals surface area contributed by atoms with Gasteiger partial charge in [-0.25, -0.2) is 0 Å². The molecule has 0 atom stereocenters. The van der Waals surface area contributed by atoms with Crippen molar-refractivity contribution in [2.24, 2.45) is 0 Å². The molecule has 4 nitrogen and oxygen atoms in total. The Kier molecular flexibility index (Phi) is 17.0. The van der Waals surface area contributed by atoms with Crippen LogP contribution in [0.15, 0.2) is 66.7 Å². The van der Waals surface area contributed by atoms with Gasteiger partial charge in [0.1, 0.15) is 34.1 Å². The van der Waals surface area contributed by atoms with Gasteiger partial charge < -0.3 is 20.9 Å². The van der Waals surface area contributed by atoms with Crippen LogP contribution in [0.2, 0.25) is 0 Å². The number of nitrogens with two attached hydrogens (primary N) is 2. The third kappa shape index (κ3) is 13.2. The number of unbranched alkanes of at least 4 members (excludes halogenated alkanes) is 12. The van der Waals surface area contributed by atoms with Crippen molar-refractivity contribution in [1.82, 2.24) is 0 Å². The van der Waals surface area contributed by atoms with Crippen LogP contribution in [-0.4, -0.2) is 0 Å². The van der Waals surface area contributed by atoms with Gasteiger partial charge in [0.05, 0.1) is 0 Å². The molecule has 0 aliphatic carbocycles. The van der Waals surface area contributed by atoms with E-state index in [4.69, 9.17) is 20.9 Å². The number of alkyl halides is 6. The number of aryl methyl sites for hydroxylation is 3. The first kappa shape index (κ1) is 46.1. The van der Waals surface area contributed by atoms with E-state index < -0.39 is 23.5 Å². The number of benzene rings is 4. The smallest absolute Gasteiger partial charge is 0.420 e. The summed E-state index contributed by atoms with van der Waals surface area (Å²) in [5.74, 6) is -0.0476. The zero-order valence-corrected chi connectivity index (χ0v) is 34.7. The van der Waals surface area contributed by atoms with Crippen LogP contribution in [0.4, 0.5) is 37.7 Å². The molecule has 0 amide bonds. The summed E-state index contributed by atoms with van der Waals surface area (Å²) in [5.41, 5.74) is 14.7. The van der Waals surface area contributed by atoms with Gasteiger partial charge in [0.2, 0.25) is 0 Å². The topological polar surface area (TPSA) is 70.5 Å². The fraction of sp³-hybridized carbons (Fsp3) is 0.458. The second kappa shape index (κ2) is 21.4. The highest BCUT2D eigenvalue weighted by atomic mass is 19.4. The van der Waals surface area contributed by atoms with Gasteiger partial charge in [0.25, 0.3) is 0 Å². The summed E-state index contributed by atoms with van der Waals surface area (Å²) in [4.78, 5) is 0. The van der Waals surface area contributed by atoms with E-state index in [9.17, 15) is 26.3 Å². The van der Waals surface area contributed by atoms with E-state index in [1.165, 1.54) is 62.8 Å². The molecule has 4 rings (SSSR count). The molecule has 316 valence electrons. The number of allylic oxidation sites excluding steroid dienone is 2. The van der Waals surface area contributed by atoms with Crippen LogP contribution in [0.1, 0.15) is 136 Å². The molecule has 58 heavy (non-hydrogen) atoms. The Morgan fingerprint density at radius 1 is 0.534 bits per heavy atom. The first-order valence-electron chi connectivity index (χ1n) is 20.7. The largest absolute Gasteiger partial charge is 0.456 e. The van der Waals surface area contributed by atoms with Crippen molar-refractivity contribution in [1.29, 1.82) is 0 Å². The Balaban J connectivity index is 1.54. The molecule has 4 aromatic rings. The normalized spacial score (nSPS) is 12.1. The third-order valence-corrected chi connectivity index (χ3v) is 10.6. The predicted molar refractivity (Wildman–Crippen MR) is 226 cm³/mol. The van der Waals surface area contributed by atoms with Crippen molar-refractivity contribution in [3.05, 3.63) is 106 Å². The molecule has 0 fully saturated rings.